The van der Waals surface area contributed by atoms with E-state index in [0.717, 1.165) is 41.9 Å². The Morgan fingerprint density at radius 3 is 1.95 bits per heavy atom. The summed E-state index contributed by atoms with van der Waals surface area (Å²) >= 11 is 0. The number of rotatable bonds is 16. The van der Waals surface area contributed by atoms with Gasteiger partial charge in [0, 0.05) is 5.56 Å². The van der Waals surface area contributed by atoms with Crippen LogP contribution in [0, 0.1) is 5.82 Å². The zero-order valence-electron chi connectivity index (χ0n) is 22.1. The predicted octanol–water partition coefficient (Wildman–Crippen LogP) is 9.50. The number of allylic oxidation sites excluding steroid dienone is 2. The van der Waals surface area contributed by atoms with E-state index in [1.54, 1.807) is 0 Å². The first-order valence-electron chi connectivity index (χ1n) is 13.5. The molecule has 0 bridgehead atoms. The highest BCUT2D eigenvalue weighted by Gasteiger charge is 2.02. The Hall–Kier alpha value is -3.46. The van der Waals surface area contributed by atoms with Crippen molar-refractivity contribution in [3.8, 4) is 5.75 Å². The van der Waals surface area contributed by atoms with Crippen molar-refractivity contribution in [2.24, 2.45) is 0 Å². The first kappa shape index (κ1) is 28.1. The number of carbonyl (C=O) groups excluding carboxylic acids is 1. The summed E-state index contributed by atoms with van der Waals surface area (Å²) in [5.41, 5.74) is 5.04. The van der Waals surface area contributed by atoms with E-state index < -0.39 is 0 Å². The molecule has 0 fully saturated rings. The molecule has 0 saturated carbocycles. The third-order valence-corrected chi connectivity index (χ3v) is 6.51. The molecular formula is C34H39FO2. The number of aryl methyl sites for hydroxylation is 1. The lowest BCUT2D eigenvalue weighted by molar-refractivity contribution is 0.104. The van der Waals surface area contributed by atoms with Gasteiger partial charge >= 0.3 is 0 Å². The Kier molecular flexibility index (Phi) is 11.9. The summed E-state index contributed by atoms with van der Waals surface area (Å²) in [6, 6.07) is 22.2. The second kappa shape index (κ2) is 15.6. The number of ether oxygens (including phenoxy) is 1. The lowest BCUT2D eigenvalue weighted by atomic mass is 10.0. The second-order valence-corrected chi connectivity index (χ2v) is 9.68. The molecule has 0 radical (unpaired) electrons. The summed E-state index contributed by atoms with van der Waals surface area (Å²) in [5, 5.41) is 0. The summed E-state index contributed by atoms with van der Waals surface area (Å²) in [6.07, 6.45) is 14.4. The SMILES string of the molecule is C=C(C)c1ccc(OCCCCCCCCCCc2ccc(/C=C/C(=O)c3ccc(F)cc3)cc2)cc1. The Labute approximate surface area is 221 Å². The number of benzene rings is 3. The molecule has 37 heavy (non-hydrogen) atoms. The van der Waals surface area contributed by atoms with Crippen LogP contribution in [0.4, 0.5) is 4.39 Å². The van der Waals surface area contributed by atoms with Gasteiger partial charge in [0.15, 0.2) is 5.78 Å². The van der Waals surface area contributed by atoms with Crippen molar-refractivity contribution in [2.75, 3.05) is 6.61 Å². The molecule has 0 heterocycles. The van der Waals surface area contributed by atoms with Crippen LogP contribution < -0.4 is 4.74 Å². The summed E-state index contributed by atoms with van der Waals surface area (Å²) < 4.78 is 18.8. The molecule has 3 aromatic carbocycles. The normalized spacial score (nSPS) is 11.1. The summed E-state index contributed by atoms with van der Waals surface area (Å²) in [5.74, 6) is 0.477. The van der Waals surface area contributed by atoms with Crippen molar-refractivity contribution in [1.29, 1.82) is 0 Å². The molecule has 0 atom stereocenters. The number of hydrogen-bond acceptors (Lipinski definition) is 2. The van der Waals surface area contributed by atoms with Crippen LogP contribution in [0.25, 0.3) is 11.6 Å². The van der Waals surface area contributed by atoms with Crippen LogP contribution in [0.5, 0.6) is 5.75 Å². The highest BCUT2D eigenvalue weighted by atomic mass is 19.1. The number of hydrogen-bond donors (Lipinski definition) is 0. The Morgan fingerprint density at radius 2 is 1.32 bits per heavy atom. The van der Waals surface area contributed by atoms with E-state index in [4.69, 9.17) is 4.74 Å². The molecule has 3 heteroatoms. The van der Waals surface area contributed by atoms with Crippen LogP contribution in [-0.2, 0) is 6.42 Å². The maximum atomic E-state index is 13.0. The standard InChI is InChI=1S/C34H39FO2/c1-27(2)30-19-23-33(24-20-30)37-26-10-8-6-4-3-5-7-9-11-28-12-14-29(15-13-28)16-25-34(36)31-17-21-32(35)22-18-31/h12-25H,1,3-11,26H2,2H3/b25-16+. The van der Waals surface area contributed by atoms with Crippen molar-refractivity contribution in [2.45, 2.75) is 64.7 Å². The van der Waals surface area contributed by atoms with Crippen LogP contribution in [0.1, 0.15) is 85.3 Å². The van der Waals surface area contributed by atoms with Gasteiger partial charge in [0.2, 0.25) is 0 Å². The quantitative estimate of drug-likeness (QED) is 0.112. The fourth-order valence-electron chi connectivity index (χ4n) is 4.20. The van der Waals surface area contributed by atoms with Gasteiger partial charge in [-0.1, -0.05) is 93.2 Å². The average molecular weight is 499 g/mol. The zero-order chi connectivity index (χ0) is 26.3. The van der Waals surface area contributed by atoms with Crippen LogP contribution in [0.15, 0.2) is 85.5 Å². The third kappa shape index (κ3) is 10.6. The minimum absolute atomic E-state index is 0.123. The smallest absolute Gasteiger partial charge is 0.185 e. The monoisotopic (exact) mass is 498 g/mol. The van der Waals surface area contributed by atoms with Gasteiger partial charge in [-0.2, -0.15) is 0 Å². The van der Waals surface area contributed by atoms with E-state index in [-0.39, 0.29) is 11.6 Å². The zero-order valence-corrected chi connectivity index (χ0v) is 22.1. The fourth-order valence-corrected chi connectivity index (χ4v) is 4.20. The van der Waals surface area contributed by atoms with E-state index in [1.165, 1.54) is 80.9 Å². The summed E-state index contributed by atoms with van der Waals surface area (Å²) in [4.78, 5) is 12.2. The molecule has 194 valence electrons. The van der Waals surface area contributed by atoms with Crippen LogP contribution in [0.3, 0.4) is 0 Å². The molecule has 0 aliphatic rings. The molecule has 0 aliphatic carbocycles. The van der Waals surface area contributed by atoms with Crippen molar-refractivity contribution in [3.05, 3.63) is 114 Å². The van der Waals surface area contributed by atoms with Gasteiger partial charge in [-0.25, -0.2) is 4.39 Å². The van der Waals surface area contributed by atoms with Gasteiger partial charge in [0.05, 0.1) is 6.61 Å². The number of unbranched alkanes of at least 4 members (excludes halogenated alkanes) is 7. The van der Waals surface area contributed by atoms with E-state index in [1.807, 2.05) is 37.3 Å². The highest BCUT2D eigenvalue weighted by molar-refractivity contribution is 6.06. The number of ketones is 1. The van der Waals surface area contributed by atoms with Gasteiger partial charge in [0.25, 0.3) is 0 Å². The van der Waals surface area contributed by atoms with Crippen LogP contribution >= 0.6 is 0 Å². The van der Waals surface area contributed by atoms with E-state index in [0.29, 0.717) is 5.56 Å². The van der Waals surface area contributed by atoms with Crippen molar-refractivity contribution in [3.63, 3.8) is 0 Å². The first-order valence-corrected chi connectivity index (χ1v) is 13.5. The van der Waals surface area contributed by atoms with E-state index >= 15 is 0 Å². The van der Waals surface area contributed by atoms with Gasteiger partial charge in [-0.3, -0.25) is 4.79 Å². The molecule has 0 aliphatic heterocycles. The van der Waals surface area contributed by atoms with Gasteiger partial charge in [-0.15, -0.1) is 0 Å². The Morgan fingerprint density at radius 1 is 0.757 bits per heavy atom. The van der Waals surface area contributed by atoms with Gasteiger partial charge < -0.3 is 4.74 Å². The lowest BCUT2D eigenvalue weighted by Crippen LogP contribution is -1.97. The highest BCUT2D eigenvalue weighted by Crippen LogP contribution is 2.18. The van der Waals surface area contributed by atoms with Gasteiger partial charge in [0.1, 0.15) is 11.6 Å². The minimum atomic E-state index is -0.338. The molecule has 0 saturated heterocycles. The second-order valence-electron chi connectivity index (χ2n) is 9.68. The summed E-state index contributed by atoms with van der Waals surface area (Å²) in [7, 11) is 0. The topological polar surface area (TPSA) is 26.3 Å². The van der Waals surface area contributed by atoms with E-state index in [9.17, 15) is 9.18 Å². The Bertz CT molecular complexity index is 1130. The molecule has 3 aromatic rings. The molecule has 0 aromatic heterocycles. The van der Waals surface area contributed by atoms with Crippen molar-refractivity contribution >= 4 is 17.4 Å². The average Bonchev–Trinajstić information content (AvgIpc) is 2.91. The fraction of sp³-hybridized carbons (Fsp3) is 0.324. The first-order chi connectivity index (χ1) is 18.0. The summed E-state index contributed by atoms with van der Waals surface area (Å²) in [6.45, 7) is 6.76. The minimum Gasteiger partial charge on any atom is -0.494 e. The Balaban J connectivity index is 1.19. The molecular weight excluding hydrogens is 459 g/mol. The molecule has 0 amide bonds. The van der Waals surface area contributed by atoms with Crippen LogP contribution in [-0.4, -0.2) is 12.4 Å². The molecule has 0 unspecified atom stereocenters. The van der Waals surface area contributed by atoms with E-state index in [2.05, 4.69) is 30.8 Å². The molecule has 3 rings (SSSR count). The molecule has 2 nitrogen and oxygen atoms in total. The van der Waals surface area contributed by atoms with Gasteiger partial charge in [-0.05, 0) is 85.4 Å². The third-order valence-electron chi connectivity index (χ3n) is 6.51. The van der Waals surface area contributed by atoms with Crippen LogP contribution in [0.2, 0.25) is 0 Å². The lowest BCUT2D eigenvalue weighted by Gasteiger charge is -2.07. The number of halogens is 1. The largest absolute Gasteiger partial charge is 0.494 e. The molecule has 0 N–H and O–H groups in total. The van der Waals surface area contributed by atoms with Crippen molar-refractivity contribution in [1.82, 2.24) is 0 Å². The maximum absolute atomic E-state index is 13.0. The van der Waals surface area contributed by atoms with Crippen molar-refractivity contribution < 1.29 is 13.9 Å². The number of carbonyl (C=O) groups is 1. The maximum Gasteiger partial charge on any atom is 0.185 e. The predicted molar refractivity (Wildman–Crippen MR) is 153 cm³/mol. The molecule has 0 spiro atoms.